The van der Waals surface area contributed by atoms with Crippen LogP contribution in [-0.2, 0) is 26.0 Å². The molecule has 3 aromatic rings. The zero-order valence-electron chi connectivity index (χ0n) is 17.1. The number of carbonyl (C=O) groups is 2. The third-order valence-corrected chi connectivity index (χ3v) is 5.67. The predicted octanol–water partition coefficient (Wildman–Crippen LogP) is 2.18. The van der Waals surface area contributed by atoms with Crippen LogP contribution in [0.15, 0.2) is 65.6 Å². The van der Waals surface area contributed by atoms with Crippen LogP contribution >= 0.6 is 0 Å². The number of carbonyl (C=O) groups excluding carboxylic acids is 2. The lowest BCUT2D eigenvalue weighted by atomic mass is 10.0. The Bertz CT molecular complexity index is 1240. The predicted molar refractivity (Wildman–Crippen MR) is 118 cm³/mol. The molecule has 1 atom stereocenters. The van der Waals surface area contributed by atoms with E-state index in [-0.39, 0.29) is 28.7 Å². The molecular weight excluding hydrogens is 418 g/mol. The molecule has 0 aliphatic rings. The first-order valence-corrected chi connectivity index (χ1v) is 11.0. The Morgan fingerprint density at radius 2 is 1.77 bits per heavy atom. The van der Waals surface area contributed by atoms with E-state index in [0.717, 1.165) is 16.3 Å². The normalized spacial score (nSPS) is 12.2. The number of methoxy groups -OCH3 is 1. The fourth-order valence-electron chi connectivity index (χ4n) is 3.20. The third kappa shape index (κ3) is 5.39. The van der Waals surface area contributed by atoms with Gasteiger partial charge in [-0.15, -0.1) is 0 Å². The monoisotopic (exact) mass is 441 g/mol. The van der Waals surface area contributed by atoms with Crippen LogP contribution < -0.4 is 20.5 Å². The van der Waals surface area contributed by atoms with Crippen molar-refractivity contribution in [1.82, 2.24) is 5.32 Å². The third-order valence-electron chi connectivity index (χ3n) is 4.74. The number of benzene rings is 3. The quantitative estimate of drug-likeness (QED) is 0.518. The van der Waals surface area contributed by atoms with E-state index in [0.29, 0.717) is 0 Å². The molecule has 2 amide bonds. The number of anilines is 1. The Balaban J connectivity index is 1.67. The van der Waals surface area contributed by atoms with Gasteiger partial charge < -0.3 is 15.4 Å². The van der Waals surface area contributed by atoms with Gasteiger partial charge in [-0.3, -0.25) is 9.59 Å². The van der Waals surface area contributed by atoms with Gasteiger partial charge in [-0.25, -0.2) is 13.6 Å². The van der Waals surface area contributed by atoms with E-state index in [4.69, 9.17) is 9.88 Å². The molecule has 0 fully saturated rings. The average Bonchev–Trinajstić information content (AvgIpc) is 2.73. The number of nitrogens with two attached hydrogens (primary N) is 1. The van der Waals surface area contributed by atoms with Crippen LogP contribution in [0.5, 0.6) is 5.75 Å². The fourth-order valence-corrected chi connectivity index (χ4v) is 3.93. The highest BCUT2D eigenvalue weighted by Crippen LogP contribution is 2.26. The van der Waals surface area contributed by atoms with Gasteiger partial charge in [0.1, 0.15) is 16.7 Å². The lowest BCUT2D eigenvalue weighted by molar-refractivity contribution is -0.125. The van der Waals surface area contributed by atoms with Crippen molar-refractivity contribution in [3.8, 4) is 5.75 Å². The van der Waals surface area contributed by atoms with E-state index >= 15 is 0 Å². The Kier molecular flexibility index (Phi) is 6.57. The van der Waals surface area contributed by atoms with Crippen molar-refractivity contribution in [3.05, 3.63) is 66.2 Å². The number of hydrogen-bond donors (Lipinski definition) is 3. The van der Waals surface area contributed by atoms with Gasteiger partial charge in [0.2, 0.25) is 21.8 Å². The highest BCUT2D eigenvalue weighted by Gasteiger charge is 2.19. The Morgan fingerprint density at radius 3 is 2.48 bits per heavy atom. The molecule has 0 heterocycles. The molecule has 0 bridgehead atoms. The minimum Gasteiger partial charge on any atom is -0.495 e. The van der Waals surface area contributed by atoms with Crippen molar-refractivity contribution < 1.29 is 22.7 Å². The van der Waals surface area contributed by atoms with E-state index in [2.05, 4.69) is 10.6 Å². The molecule has 162 valence electrons. The Hall–Kier alpha value is -3.43. The molecule has 0 saturated carbocycles. The van der Waals surface area contributed by atoms with Gasteiger partial charge in [-0.1, -0.05) is 42.5 Å². The summed E-state index contributed by atoms with van der Waals surface area (Å²) in [6.45, 7) is 1.54. The maximum atomic E-state index is 12.5. The van der Waals surface area contributed by atoms with Crippen LogP contribution in [0.1, 0.15) is 12.5 Å². The first-order valence-electron chi connectivity index (χ1n) is 9.46. The molecule has 0 aliphatic carbocycles. The van der Waals surface area contributed by atoms with Crippen molar-refractivity contribution in [3.63, 3.8) is 0 Å². The number of fused-ring (bicyclic) bond motifs is 1. The number of primary sulfonamides is 1. The summed E-state index contributed by atoms with van der Waals surface area (Å²) in [5.74, 6) is -0.743. The maximum absolute atomic E-state index is 12.5. The number of amides is 2. The van der Waals surface area contributed by atoms with Crippen molar-refractivity contribution >= 4 is 38.3 Å². The van der Waals surface area contributed by atoms with Crippen LogP contribution in [0.25, 0.3) is 10.8 Å². The first-order chi connectivity index (χ1) is 14.7. The van der Waals surface area contributed by atoms with Crippen molar-refractivity contribution in [2.75, 3.05) is 12.4 Å². The largest absolute Gasteiger partial charge is 0.495 e. The number of ether oxygens (including phenoxy) is 1. The number of sulfonamides is 1. The Morgan fingerprint density at radius 1 is 1.06 bits per heavy atom. The van der Waals surface area contributed by atoms with Gasteiger partial charge in [0, 0.05) is 5.69 Å². The van der Waals surface area contributed by atoms with E-state index in [1.807, 2.05) is 42.5 Å². The highest BCUT2D eigenvalue weighted by molar-refractivity contribution is 7.89. The van der Waals surface area contributed by atoms with Crippen molar-refractivity contribution in [2.24, 2.45) is 5.14 Å². The molecule has 1 unspecified atom stereocenters. The fraction of sp³-hybridized carbons (Fsp3) is 0.182. The van der Waals surface area contributed by atoms with Gasteiger partial charge in [0.25, 0.3) is 0 Å². The minimum absolute atomic E-state index is 0.0666. The molecular formula is C22H23N3O5S. The molecule has 0 aromatic heterocycles. The summed E-state index contributed by atoms with van der Waals surface area (Å²) in [5, 5.41) is 12.4. The average molecular weight is 442 g/mol. The topological polar surface area (TPSA) is 128 Å². The molecule has 0 radical (unpaired) electrons. The van der Waals surface area contributed by atoms with E-state index < -0.39 is 22.0 Å². The molecule has 0 aliphatic heterocycles. The molecule has 0 spiro atoms. The second-order valence-corrected chi connectivity index (χ2v) is 8.53. The number of nitrogens with one attached hydrogen (secondary N) is 2. The van der Waals surface area contributed by atoms with Crippen LogP contribution in [0.4, 0.5) is 5.69 Å². The molecule has 3 aromatic carbocycles. The summed E-state index contributed by atoms with van der Waals surface area (Å²) in [7, 11) is -2.73. The van der Waals surface area contributed by atoms with Gasteiger partial charge in [-0.2, -0.15) is 0 Å². The van der Waals surface area contributed by atoms with Crippen LogP contribution in [-0.4, -0.2) is 33.4 Å². The van der Waals surface area contributed by atoms with Crippen molar-refractivity contribution in [2.45, 2.75) is 24.3 Å². The molecule has 8 nitrogen and oxygen atoms in total. The molecule has 4 N–H and O–H groups in total. The van der Waals surface area contributed by atoms with Crippen molar-refractivity contribution in [1.29, 1.82) is 0 Å². The van der Waals surface area contributed by atoms with Gasteiger partial charge in [0.05, 0.1) is 13.5 Å². The summed E-state index contributed by atoms with van der Waals surface area (Å²) in [6.07, 6.45) is 0.122. The molecule has 9 heteroatoms. The standard InChI is InChI=1S/C22H23N3O5S/c1-14(22(27)25-17-10-11-19(30-2)20(13-17)31(23,28)29)24-21(26)12-16-8-5-7-15-6-3-4-9-18(15)16/h3-11,13-14H,12H2,1-2H3,(H,24,26)(H,25,27)(H2,23,28,29). The van der Waals surface area contributed by atoms with Gasteiger partial charge >= 0.3 is 0 Å². The maximum Gasteiger partial charge on any atom is 0.246 e. The first kappa shape index (κ1) is 22.3. The van der Waals surface area contributed by atoms with E-state index in [1.165, 1.54) is 25.3 Å². The lowest BCUT2D eigenvalue weighted by Crippen LogP contribution is -2.42. The molecule has 0 saturated heterocycles. The minimum atomic E-state index is -4.04. The summed E-state index contributed by atoms with van der Waals surface area (Å²) in [6, 6.07) is 16.7. The highest BCUT2D eigenvalue weighted by atomic mass is 32.2. The number of hydrogen-bond acceptors (Lipinski definition) is 5. The smallest absolute Gasteiger partial charge is 0.246 e. The van der Waals surface area contributed by atoms with Crippen LogP contribution in [0, 0.1) is 0 Å². The van der Waals surface area contributed by atoms with E-state index in [9.17, 15) is 18.0 Å². The molecule has 3 rings (SSSR count). The summed E-state index contributed by atoms with van der Waals surface area (Å²) >= 11 is 0. The van der Waals surface area contributed by atoms with Crippen LogP contribution in [0.2, 0.25) is 0 Å². The van der Waals surface area contributed by atoms with Crippen LogP contribution in [0.3, 0.4) is 0 Å². The zero-order chi connectivity index (χ0) is 22.6. The zero-order valence-corrected chi connectivity index (χ0v) is 17.9. The van der Waals surface area contributed by atoms with E-state index in [1.54, 1.807) is 6.92 Å². The summed E-state index contributed by atoms with van der Waals surface area (Å²) in [5.41, 5.74) is 1.07. The second kappa shape index (κ2) is 9.15. The lowest BCUT2D eigenvalue weighted by Gasteiger charge is -2.16. The SMILES string of the molecule is COc1ccc(NC(=O)C(C)NC(=O)Cc2cccc3ccccc23)cc1S(N)(=O)=O. The second-order valence-electron chi connectivity index (χ2n) is 7.00. The molecule has 31 heavy (non-hydrogen) atoms. The van der Waals surface area contributed by atoms with Gasteiger partial charge in [0.15, 0.2) is 0 Å². The number of rotatable bonds is 7. The Labute approximate surface area is 180 Å². The summed E-state index contributed by atoms with van der Waals surface area (Å²) < 4.78 is 28.4. The van der Waals surface area contributed by atoms with Gasteiger partial charge in [-0.05, 0) is 41.5 Å². The summed E-state index contributed by atoms with van der Waals surface area (Å²) in [4.78, 5) is 24.7.